The lowest BCUT2D eigenvalue weighted by Gasteiger charge is -2.33. The normalized spacial score (nSPS) is 22.3. The number of alkyl halides is 1. The Labute approximate surface area is 156 Å². The third-order valence-electron chi connectivity index (χ3n) is 5.20. The summed E-state index contributed by atoms with van der Waals surface area (Å²) in [5.74, 6) is -0.289. The van der Waals surface area contributed by atoms with Crippen molar-refractivity contribution in [3.8, 4) is 0 Å². The number of amides is 2. The van der Waals surface area contributed by atoms with Crippen LogP contribution in [0.4, 0.5) is 4.39 Å². The predicted molar refractivity (Wildman–Crippen MR) is 98.6 cm³/mol. The highest BCUT2D eigenvalue weighted by Crippen LogP contribution is 2.26. The number of carbonyl (C=O) groups excluding carboxylic acids is 2. The van der Waals surface area contributed by atoms with Gasteiger partial charge in [-0.15, -0.1) is 11.3 Å². The molecule has 2 aliphatic heterocycles. The number of rotatable bonds is 3. The Kier molecular flexibility index (Phi) is 4.76. The molecule has 0 bridgehead atoms. The van der Waals surface area contributed by atoms with Crippen LogP contribution in [-0.2, 0) is 29.0 Å². The minimum atomic E-state index is -1.13. The van der Waals surface area contributed by atoms with Gasteiger partial charge in [-0.05, 0) is 29.0 Å². The van der Waals surface area contributed by atoms with Crippen LogP contribution < -0.4 is 0 Å². The van der Waals surface area contributed by atoms with E-state index in [0.29, 0.717) is 13.1 Å². The fourth-order valence-electron chi connectivity index (χ4n) is 3.85. The maximum absolute atomic E-state index is 14.1. The highest BCUT2D eigenvalue weighted by atomic mass is 32.1. The molecule has 0 N–H and O–H groups in total. The second-order valence-corrected chi connectivity index (χ2v) is 7.96. The number of halogens is 1. The van der Waals surface area contributed by atoms with Crippen LogP contribution in [0.15, 0.2) is 41.8 Å². The molecule has 1 saturated heterocycles. The Morgan fingerprint density at radius 2 is 1.96 bits per heavy atom. The van der Waals surface area contributed by atoms with Crippen molar-refractivity contribution >= 4 is 23.2 Å². The van der Waals surface area contributed by atoms with Crippen LogP contribution >= 0.6 is 11.3 Å². The first-order valence-electron chi connectivity index (χ1n) is 8.93. The van der Waals surface area contributed by atoms with E-state index in [1.165, 1.54) is 21.8 Å². The number of carbonyl (C=O) groups is 2. The van der Waals surface area contributed by atoms with Crippen LogP contribution in [0.1, 0.15) is 22.4 Å². The van der Waals surface area contributed by atoms with Gasteiger partial charge in [-0.25, -0.2) is 4.39 Å². The number of fused-ring (bicyclic) bond motifs is 1. The molecule has 3 heterocycles. The molecule has 0 saturated carbocycles. The van der Waals surface area contributed by atoms with Gasteiger partial charge in [-0.1, -0.05) is 30.3 Å². The van der Waals surface area contributed by atoms with Crippen molar-refractivity contribution in [1.29, 1.82) is 0 Å². The van der Waals surface area contributed by atoms with E-state index < -0.39 is 12.2 Å². The van der Waals surface area contributed by atoms with Crippen molar-refractivity contribution in [1.82, 2.24) is 9.80 Å². The van der Waals surface area contributed by atoms with Gasteiger partial charge in [0.25, 0.3) is 0 Å². The zero-order chi connectivity index (χ0) is 18.1. The molecule has 136 valence electrons. The fourth-order valence-corrected chi connectivity index (χ4v) is 4.55. The molecule has 1 aromatic heterocycles. The van der Waals surface area contributed by atoms with Gasteiger partial charge in [0, 0.05) is 24.4 Å². The Bertz CT molecular complexity index is 808. The van der Waals surface area contributed by atoms with Crippen molar-refractivity contribution in [2.45, 2.75) is 38.0 Å². The number of benzene rings is 1. The third-order valence-corrected chi connectivity index (χ3v) is 6.08. The Hall–Kier alpha value is -2.21. The van der Waals surface area contributed by atoms with Crippen molar-refractivity contribution in [3.05, 3.63) is 57.8 Å². The van der Waals surface area contributed by atoms with E-state index >= 15 is 0 Å². The molecule has 6 heteroatoms. The van der Waals surface area contributed by atoms with E-state index in [-0.39, 0.29) is 31.2 Å². The van der Waals surface area contributed by atoms with Crippen LogP contribution in [0.2, 0.25) is 0 Å². The molecule has 0 aliphatic carbocycles. The van der Waals surface area contributed by atoms with Crippen LogP contribution in [-0.4, -0.2) is 46.9 Å². The summed E-state index contributed by atoms with van der Waals surface area (Å²) in [6, 6.07) is 11.2. The summed E-state index contributed by atoms with van der Waals surface area (Å²) in [6.07, 6.45) is 0.00868. The van der Waals surface area contributed by atoms with E-state index in [1.54, 1.807) is 4.90 Å². The summed E-state index contributed by atoms with van der Waals surface area (Å²) in [5.41, 5.74) is 2.40. The number of hydrogen-bond acceptors (Lipinski definition) is 3. The molecule has 0 radical (unpaired) electrons. The molecule has 1 fully saturated rings. The first-order chi connectivity index (χ1) is 12.6. The van der Waals surface area contributed by atoms with E-state index in [9.17, 15) is 14.0 Å². The maximum Gasteiger partial charge on any atom is 0.245 e. The molecule has 2 amide bonds. The molecule has 1 aromatic carbocycles. The molecular weight excluding hydrogens is 351 g/mol. The lowest BCUT2D eigenvalue weighted by molar-refractivity contribution is -0.144. The summed E-state index contributed by atoms with van der Waals surface area (Å²) >= 11 is 1.50. The summed E-state index contributed by atoms with van der Waals surface area (Å²) in [7, 11) is 0. The topological polar surface area (TPSA) is 40.6 Å². The van der Waals surface area contributed by atoms with Gasteiger partial charge in [0.05, 0.1) is 13.0 Å². The van der Waals surface area contributed by atoms with Gasteiger partial charge >= 0.3 is 0 Å². The Morgan fingerprint density at radius 3 is 2.73 bits per heavy atom. The molecule has 0 spiro atoms. The van der Waals surface area contributed by atoms with Crippen LogP contribution in [0.3, 0.4) is 0 Å². The van der Waals surface area contributed by atoms with E-state index in [1.807, 2.05) is 35.7 Å². The van der Waals surface area contributed by atoms with Crippen LogP contribution in [0, 0.1) is 0 Å². The van der Waals surface area contributed by atoms with Gasteiger partial charge < -0.3 is 9.80 Å². The van der Waals surface area contributed by atoms with Gasteiger partial charge in [0.2, 0.25) is 11.8 Å². The van der Waals surface area contributed by atoms with Gasteiger partial charge in [0.15, 0.2) is 0 Å². The molecular formula is C20H21FN2O2S. The highest BCUT2D eigenvalue weighted by molar-refractivity contribution is 7.10. The zero-order valence-electron chi connectivity index (χ0n) is 14.4. The minimum Gasteiger partial charge on any atom is -0.336 e. The molecule has 2 aliphatic rings. The number of thiophene rings is 1. The molecule has 4 nitrogen and oxygen atoms in total. The Morgan fingerprint density at radius 1 is 1.15 bits per heavy atom. The second-order valence-electron chi connectivity index (χ2n) is 6.93. The smallest absolute Gasteiger partial charge is 0.245 e. The van der Waals surface area contributed by atoms with E-state index in [2.05, 4.69) is 6.07 Å². The molecule has 0 unspecified atom stereocenters. The van der Waals surface area contributed by atoms with Crippen molar-refractivity contribution in [2.24, 2.45) is 0 Å². The standard InChI is InChI=1S/C20H21FN2O2S/c21-16-10-18(23(13-16)19(24)11-17-6-3-9-26-17)20(25)22-8-7-14-4-1-2-5-15(14)12-22/h1-6,9,16,18H,7-8,10-13H2/t16-,18-/m0/s1. The number of hydrogen-bond donors (Lipinski definition) is 0. The zero-order valence-corrected chi connectivity index (χ0v) is 15.3. The molecule has 2 atom stereocenters. The van der Waals surface area contributed by atoms with Gasteiger partial charge in [-0.2, -0.15) is 0 Å². The number of likely N-dealkylation sites (tertiary alicyclic amines) is 1. The predicted octanol–water partition coefficient (Wildman–Crippen LogP) is 2.81. The SMILES string of the molecule is O=C([C@@H]1C[C@H](F)CN1C(=O)Cc1cccs1)N1CCc2ccccc2C1. The first kappa shape index (κ1) is 17.2. The lowest BCUT2D eigenvalue weighted by Crippen LogP contribution is -2.49. The number of nitrogens with zero attached hydrogens (tertiary/aromatic N) is 2. The highest BCUT2D eigenvalue weighted by Gasteiger charge is 2.41. The fraction of sp³-hybridized carbons (Fsp3) is 0.400. The summed E-state index contributed by atoms with van der Waals surface area (Å²) in [4.78, 5) is 29.9. The largest absolute Gasteiger partial charge is 0.336 e. The Balaban J connectivity index is 1.48. The third kappa shape index (κ3) is 3.38. The second kappa shape index (κ2) is 7.19. The van der Waals surface area contributed by atoms with Crippen LogP contribution in [0.5, 0.6) is 0 Å². The maximum atomic E-state index is 14.1. The minimum absolute atomic E-state index is 0.0189. The molecule has 2 aromatic rings. The van der Waals surface area contributed by atoms with Crippen molar-refractivity contribution in [2.75, 3.05) is 13.1 Å². The van der Waals surface area contributed by atoms with Crippen molar-refractivity contribution < 1.29 is 14.0 Å². The van der Waals surface area contributed by atoms with Crippen LogP contribution in [0.25, 0.3) is 0 Å². The average Bonchev–Trinajstić information content (AvgIpc) is 3.30. The van der Waals surface area contributed by atoms with E-state index in [0.717, 1.165) is 16.9 Å². The summed E-state index contributed by atoms with van der Waals surface area (Å²) in [5, 5.41) is 1.92. The average molecular weight is 372 g/mol. The quantitative estimate of drug-likeness (QED) is 0.831. The molecule has 26 heavy (non-hydrogen) atoms. The molecule has 4 rings (SSSR count). The van der Waals surface area contributed by atoms with Gasteiger partial charge in [-0.3, -0.25) is 9.59 Å². The van der Waals surface area contributed by atoms with Crippen molar-refractivity contribution in [3.63, 3.8) is 0 Å². The van der Waals surface area contributed by atoms with Gasteiger partial charge in [0.1, 0.15) is 12.2 Å². The monoisotopic (exact) mass is 372 g/mol. The lowest BCUT2D eigenvalue weighted by atomic mass is 9.99. The van der Waals surface area contributed by atoms with E-state index in [4.69, 9.17) is 0 Å². The summed E-state index contributed by atoms with van der Waals surface area (Å²) in [6.45, 7) is 1.18. The first-order valence-corrected chi connectivity index (χ1v) is 9.81. The summed E-state index contributed by atoms with van der Waals surface area (Å²) < 4.78 is 14.1.